The third-order valence-electron chi connectivity index (χ3n) is 2.04. The van der Waals surface area contributed by atoms with Crippen LogP contribution >= 0.6 is 0 Å². The monoisotopic (exact) mass is 262 g/mol. The molecule has 0 aliphatic rings. The predicted molar refractivity (Wildman–Crippen MR) is 79.4 cm³/mol. The van der Waals surface area contributed by atoms with E-state index in [-0.39, 0.29) is 5.91 Å². The van der Waals surface area contributed by atoms with Gasteiger partial charge in [-0.1, -0.05) is 41.5 Å². The number of amides is 1. The van der Waals surface area contributed by atoms with Crippen molar-refractivity contribution >= 4 is 5.91 Å². The molecule has 0 heterocycles. The van der Waals surface area contributed by atoms with E-state index in [1.54, 1.807) is 20.9 Å². The molecule has 0 aliphatic carbocycles. The lowest BCUT2D eigenvalue weighted by molar-refractivity contribution is -0.130. The van der Waals surface area contributed by atoms with E-state index >= 15 is 0 Å². The smallest absolute Gasteiger partial charge is 0.225 e. The first-order valence-corrected chi connectivity index (χ1v) is 6.84. The molecular weight excluding hydrogens is 228 g/mol. The minimum absolute atomic E-state index is 0.0240. The normalized spacial score (nSPS) is 10.6. The first-order chi connectivity index (χ1) is 8.19. The van der Waals surface area contributed by atoms with Crippen molar-refractivity contribution in [3.05, 3.63) is 0 Å². The molecule has 4 nitrogen and oxygen atoms in total. The van der Waals surface area contributed by atoms with E-state index in [1.165, 1.54) is 0 Å². The summed E-state index contributed by atoms with van der Waals surface area (Å²) in [6.45, 7) is 15.8. The SMILES string of the molecule is CC.CC.CNC(=O)C(C)(C)CCOC(C)(C)N. The van der Waals surface area contributed by atoms with Gasteiger partial charge >= 0.3 is 0 Å². The van der Waals surface area contributed by atoms with E-state index in [9.17, 15) is 4.79 Å². The Labute approximate surface area is 114 Å². The van der Waals surface area contributed by atoms with Crippen LogP contribution in [0.25, 0.3) is 0 Å². The summed E-state index contributed by atoms with van der Waals surface area (Å²) >= 11 is 0. The van der Waals surface area contributed by atoms with Crippen LogP contribution in [0, 0.1) is 5.41 Å². The Balaban J connectivity index is -0.000000506. The van der Waals surface area contributed by atoms with Gasteiger partial charge in [-0.15, -0.1) is 0 Å². The van der Waals surface area contributed by atoms with Crippen molar-refractivity contribution in [1.82, 2.24) is 5.32 Å². The van der Waals surface area contributed by atoms with Gasteiger partial charge in [-0.25, -0.2) is 0 Å². The first-order valence-electron chi connectivity index (χ1n) is 6.84. The van der Waals surface area contributed by atoms with Crippen molar-refractivity contribution in [3.63, 3.8) is 0 Å². The van der Waals surface area contributed by atoms with Crippen LogP contribution in [0.1, 0.15) is 61.8 Å². The molecule has 0 saturated heterocycles. The maximum atomic E-state index is 11.4. The molecule has 1 amide bonds. The third kappa shape index (κ3) is 13.5. The molecule has 0 fully saturated rings. The molecule has 0 aromatic rings. The molecule has 0 atom stereocenters. The highest BCUT2D eigenvalue weighted by Gasteiger charge is 2.26. The van der Waals surface area contributed by atoms with E-state index in [0.717, 1.165) is 0 Å². The van der Waals surface area contributed by atoms with Crippen LogP contribution in [0.2, 0.25) is 0 Å². The molecule has 0 aromatic carbocycles. The van der Waals surface area contributed by atoms with Gasteiger partial charge in [-0.05, 0) is 20.3 Å². The molecule has 0 spiro atoms. The van der Waals surface area contributed by atoms with Gasteiger partial charge in [0.15, 0.2) is 0 Å². The van der Waals surface area contributed by atoms with Gasteiger partial charge in [-0.2, -0.15) is 0 Å². The molecule has 0 bridgehead atoms. The lowest BCUT2D eigenvalue weighted by Gasteiger charge is -2.25. The second-order valence-electron chi connectivity index (χ2n) is 4.66. The molecule has 112 valence electrons. The van der Waals surface area contributed by atoms with Crippen molar-refractivity contribution < 1.29 is 9.53 Å². The summed E-state index contributed by atoms with van der Waals surface area (Å²) in [5.74, 6) is 0.0240. The summed E-state index contributed by atoms with van der Waals surface area (Å²) in [6, 6.07) is 0. The van der Waals surface area contributed by atoms with Gasteiger partial charge in [0.05, 0.1) is 0 Å². The van der Waals surface area contributed by atoms with Gasteiger partial charge in [0.25, 0.3) is 0 Å². The first kappa shape index (κ1) is 22.6. The van der Waals surface area contributed by atoms with Crippen LogP contribution in [0.5, 0.6) is 0 Å². The molecule has 0 aromatic heterocycles. The van der Waals surface area contributed by atoms with Crippen molar-refractivity contribution in [2.45, 2.75) is 67.5 Å². The number of hydrogen-bond donors (Lipinski definition) is 2. The van der Waals surface area contributed by atoms with E-state index < -0.39 is 11.1 Å². The van der Waals surface area contributed by atoms with E-state index in [1.807, 2.05) is 41.5 Å². The van der Waals surface area contributed by atoms with Crippen molar-refractivity contribution in [1.29, 1.82) is 0 Å². The summed E-state index contributed by atoms with van der Waals surface area (Å²) in [4.78, 5) is 11.4. The minimum Gasteiger partial charge on any atom is -0.361 e. The fraction of sp³-hybridized carbons (Fsp3) is 0.929. The largest absolute Gasteiger partial charge is 0.361 e. The Morgan fingerprint density at radius 1 is 1.11 bits per heavy atom. The molecule has 0 aliphatic heterocycles. The standard InChI is InChI=1S/C10H22N2O2.2C2H6/c1-9(2,8(13)12-5)6-7-14-10(3,4)11;2*1-2/h6-7,11H2,1-5H3,(H,12,13);2*1-2H3. The second kappa shape index (κ2) is 11.5. The molecule has 0 saturated carbocycles. The number of nitrogens with two attached hydrogens (primary N) is 1. The Bertz CT molecular complexity index is 196. The number of ether oxygens (including phenoxy) is 1. The summed E-state index contributed by atoms with van der Waals surface area (Å²) in [5.41, 5.74) is 4.62. The van der Waals surface area contributed by atoms with Gasteiger partial charge in [0.2, 0.25) is 5.91 Å². The Morgan fingerprint density at radius 3 is 1.78 bits per heavy atom. The fourth-order valence-corrected chi connectivity index (χ4v) is 1.02. The number of carbonyl (C=O) groups is 1. The Hall–Kier alpha value is -0.610. The van der Waals surface area contributed by atoms with Crippen molar-refractivity contribution in [2.75, 3.05) is 13.7 Å². The summed E-state index contributed by atoms with van der Waals surface area (Å²) in [6.07, 6.45) is 0.660. The number of hydrogen-bond acceptors (Lipinski definition) is 3. The highest BCUT2D eigenvalue weighted by Crippen LogP contribution is 2.20. The number of carbonyl (C=O) groups excluding carboxylic acids is 1. The van der Waals surface area contributed by atoms with Crippen LogP contribution in [0.4, 0.5) is 0 Å². The zero-order valence-corrected chi connectivity index (χ0v) is 13.8. The average Bonchev–Trinajstić information content (AvgIpc) is 2.31. The molecule has 0 unspecified atom stereocenters. The van der Waals surface area contributed by atoms with E-state index in [0.29, 0.717) is 13.0 Å². The summed E-state index contributed by atoms with van der Waals surface area (Å²) in [5, 5.41) is 2.63. The minimum atomic E-state index is -0.626. The second-order valence-corrected chi connectivity index (χ2v) is 4.66. The predicted octanol–water partition coefficient (Wildman–Crippen LogP) is 2.91. The summed E-state index contributed by atoms with van der Waals surface area (Å²) in [7, 11) is 1.64. The summed E-state index contributed by atoms with van der Waals surface area (Å²) < 4.78 is 5.36. The molecule has 3 N–H and O–H groups in total. The number of nitrogens with one attached hydrogen (secondary N) is 1. The van der Waals surface area contributed by atoms with Crippen molar-refractivity contribution in [3.8, 4) is 0 Å². The lowest BCUT2D eigenvalue weighted by atomic mass is 9.89. The molecule has 18 heavy (non-hydrogen) atoms. The molecule has 0 rings (SSSR count). The third-order valence-corrected chi connectivity index (χ3v) is 2.04. The zero-order valence-electron chi connectivity index (χ0n) is 13.8. The fourth-order valence-electron chi connectivity index (χ4n) is 1.02. The van der Waals surface area contributed by atoms with Crippen LogP contribution in [-0.2, 0) is 9.53 Å². The maximum absolute atomic E-state index is 11.4. The highest BCUT2D eigenvalue weighted by atomic mass is 16.5. The van der Waals surface area contributed by atoms with Crippen LogP contribution in [0.3, 0.4) is 0 Å². The van der Waals surface area contributed by atoms with Crippen molar-refractivity contribution in [2.24, 2.45) is 11.1 Å². The van der Waals surface area contributed by atoms with Gasteiger partial charge in [0, 0.05) is 19.1 Å². The zero-order chi connectivity index (χ0) is 15.4. The topological polar surface area (TPSA) is 64.3 Å². The molecule has 4 heteroatoms. The van der Waals surface area contributed by atoms with E-state index in [4.69, 9.17) is 10.5 Å². The average molecular weight is 262 g/mol. The maximum Gasteiger partial charge on any atom is 0.225 e. The van der Waals surface area contributed by atoms with Crippen LogP contribution < -0.4 is 11.1 Å². The van der Waals surface area contributed by atoms with Gasteiger partial charge in [-0.3, -0.25) is 4.79 Å². The lowest BCUT2D eigenvalue weighted by Crippen LogP contribution is -2.39. The Kier molecular flexibility index (Phi) is 14.4. The van der Waals surface area contributed by atoms with E-state index in [2.05, 4.69) is 5.32 Å². The highest BCUT2D eigenvalue weighted by molar-refractivity contribution is 5.81. The molecule has 0 radical (unpaired) electrons. The van der Waals surface area contributed by atoms with Gasteiger partial charge < -0.3 is 15.8 Å². The van der Waals surface area contributed by atoms with Gasteiger partial charge in [0.1, 0.15) is 5.72 Å². The van der Waals surface area contributed by atoms with Crippen LogP contribution in [-0.4, -0.2) is 25.3 Å². The quantitative estimate of drug-likeness (QED) is 0.749. The van der Waals surface area contributed by atoms with Crippen LogP contribution in [0.15, 0.2) is 0 Å². The Morgan fingerprint density at radius 2 is 1.50 bits per heavy atom. The molecular formula is C14H34N2O2. The number of rotatable bonds is 5.